The molecule has 0 bridgehead atoms. The van der Waals surface area contributed by atoms with E-state index in [9.17, 15) is 9.90 Å². The molecular formula is C13H15ClO3. The van der Waals surface area contributed by atoms with Crippen LogP contribution < -0.4 is 0 Å². The Kier molecular flexibility index (Phi) is 5.19. The number of esters is 1. The smallest absolute Gasteiger partial charge is 0.336 e. The molecule has 1 aromatic carbocycles. The van der Waals surface area contributed by atoms with E-state index in [4.69, 9.17) is 16.3 Å². The molecule has 0 aliphatic heterocycles. The van der Waals surface area contributed by atoms with Gasteiger partial charge in [0, 0.05) is 5.02 Å². The second-order valence-electron chi connectivity index (χ2n) is 3.62. The molecule has 0 aliphatic rings. The fraction of sp³-hybridized carbons (Fsp3) is 0.308. The van der Waals surface area contributed by atoms with E-state index in [0.29, 0.717) is 17.2 Å². The van der Waals surface area contributed by atoms with Crippen LogP contribution in [0.1, 0.15) is 25.0 Å². The minimum Gasteiger partial charge on any atom is -0.462 e. The van der Waals surface area contributed by atoms with Crippen LogP contribution in [0.4, 0.5) is 0 Å². The van der Waals surface area contributed by atoms with E-state index in [0.717, 1.165) is 6.42 Å². The van der Waals surface area contributed by atoms with Crippen molar-refractivity contribution in [1.29, 1.82) is 0 Å². The summed E-state index contributed by atoms with van der Waals surface area (Å²) in [5.41, 5.74) is 0.591. The molecule has 0 saturated heterocycles. The van der Waals surface area contributed by atoms with Gasteiger partial charge in [0.05, 0.1) is 12.2 Å². The first-order chi connectivity index (χ1) is 8.06. The fourth-order valence-corrected chi connectivity index (χ4v) is 1.37. The Balaban J connectivity index is 2.69. The van der Waals surface area contributed by atoms with Crippen LogP contribution >= 0.6 is 11.6 Å². The number of ether oxygens (including phenoxy) is 1. The molecule has 0 aliphatic carbocycles. The zero-order valence-corrected chi connectivity index (χ0v) is 10.4. The van der Waals surface area contributed by atoms with E-state index in [1.807, 2.05) is 6.92 Å². The molecule has 3 nitrogen and oxygen atoms in total. The summed E-state index contributed by atoms with van der Waals surface area (Å²) < 4.78 is 4.89. The summed E-state index contributed by atoms with van der Waals surface area (Å²) in [6, 6.07) is 6.58. The highest BCUT2D eigenvalue weighted by Crippen LogP contribution is 2.22. The van der Waals surface area contributed by atoms with Crippen LogP contribution in [0.25, 0.3) is 0 Å². The van der Waals surface area contributed by atoms with Crippen LogP contribution in [0.5, 0.6) is 0 Å². The van der Waals surface area contributed by atoms with Crippen molar-refractivity contribution in [2.24, 2.45) is 0 Å². The summed E-state index contributed by atoms with van der Waals surface area (Å²) in [6.45, 7) is 5.77. The van der Waals surface area contributed by atoms with Crippen molar-refractivity contribution in [3.8, 4) is 0 Å². The molecule has 0 radical (unpaired) electrons. The maximum atomic E-state index is 11.5. The third-order valence-electron chi connectivity index (χ3n) is 2.22. The van der Waals surface area contributed by atoms with Crippen molar-refractivity contribution in [2.75, 3.05) is 6.61 Å². The molecule has 0 amide bonds. The summed E-state index contributed by atoms with van der Waals surface area (Å²) in [7, 11) is 0. The van der Waals surface area contributed by atoms with Gasteiger partial charge in [0.1, 0.15) is 6.10 Å². The molecule has 0 spiro atoms. The predicted octanol–water partition coefficient (Wildman–Crippen LogP) is 2.88. The highest BCUT2D eigenvalue weighted by molar-refractivity contribution is 6.30. The summed E-state index contributed by atoms with van der Waals surface area (Å²) in [4.78, 5) is 11.5. The number of carbonyl (C=O) groups is 1. The molecule has 1 N–H and O–H groups in total. The van der Waals surface area contributed by atoms with Crippen molar-refractivity contribution in [1.82, 2.24) is 0 Å². The Morgan fingerprint density at radius 2 is 2.06 bits per heavy atom. The van der Waals surface area contributed by atoms with Crippen molar-refractivity contribution >= 4 is 17.6 Å². The van der Waals surface area contributed by atoms with Crippen molar-refractivity contribution in [3.05, 3.63) is 47.0 Å². The van der Waals surface area contributed by atoms with Crippen molar-refractivity contribution in [2.45, 2.75) is 19.4 Å². The maximum Gasteiger partial charge on any atom is 0.336 e. The van der Waals surface area contributed by atoms with Gasteiger partial charge in [0.15, 0.2) is 0 Å². The number of aliphatic hydroxyl groups is 1. The largest absolute Gasteiger partial charge is 0.462 e. The third-order valence-corrected chi connectivity index (χ3v) is 2.47. The number of hydrogen-bond acceptors (Lipinski definition) is 3. The minimum atomic E-state index is -1.06. The SMILES string of the molecule is C=C(C(=O)OCCC)C(O)c1ccc(Cl)cc1. The van der Waals surface area contributed by atoms with Crippen LogP contribution in [0, 0.1) is 0 Å². The zero-order chi connectivity index (χ0) is 12.8. The van der Waals surface area contributed by atoms with Gasteiger partial charge in [-0.15, -0.1) is 0 Å². The van der Waals surface area contributed by atoms with E-state index < -0.39 is 12.1 Å². The Bertz CT molecular complexity index is 398. The number of aliphatic hydroxyl groups excluding tert-OH is 1. The van der Waals surface area contributed by atoms with Gasteiger partial charge in [-0.25, -0.2) is 4.79 Å². The Morgan fingerprint density at radius 1 is 1.47 bits per heavy atom. The van der Waals surface area contributed by atoms with Gasteiger partial charge in [-0.1, -0.05) is 37.2 Å². The van der Waals surface area contributed by atoms with Crippen LogP contribution in [-0.4, -0.2) is 17.7 Å². The molecule has 4 heteroatoms. The second-order valence-corrected chi connectivity index (χ2v) is 4.05. The standard InChI is InChI=1S/C13H15ClO3/c1-3-8-17-13(16)9(2)12(15)10-4-6-11(14)7-5-10/h4-7,12,15H,2-3,8H2,1H3. The molecule has 0 saturated carbocycles. The number of hydrogen-bond donors (Lipinski definition) is 1. The summed E-state index contributed by atoms with van der Waals surface area (Å²) in [5, 5.41) is 10.5. The Morgan fingerprint density at radius 3 is 2.59 bits per heavy atom. The van der Waals surface area contributed by atoms with Gasteiger partial charge in [0.25, 0.3) is 0 Å². The minimum absolute atomic E-state index is 0.0285. The van der Waals surface area contributed by atoms with Gasteiger partial charge in [-0.2, -0.15) is 0 Å². The molecule has 1 rings (SSSR count). The average molecular weight is 255 g/mol. The van der Waals surface area contributed by atoms with E-state index >= 15 is 0 Å². The third kappa shape index (κ3) is 3.88. The molecule has 1 aromatic rings. The topological polar surface area (TPSA) is 46.5 Å². The Labute approximate surface area is 106 Å². The highest BCUT2D eigenvalue weighted by Gasteiger charge is 2.19. The van der Waals surface area contributed by atoms with Gasteiger partial charge >= 0.3 is 5.97 Å². The van der Waals surface area contributed by atoms with E-state index in [1.165, 1.54) is 0 Å². The maximum absolute atomic E-state index is 11.5. The van der Waals surface area contributed by atoms with Gasteiger partial charge in [-0.3, -0.25) is 0 Å². The van der Waals surface area contributed by atoms with Gasteiger partial charge < -0.3 is 9.84 Å². The van der Waals surface area contributed by atoms with Crippen molar-refractivity contribution < 1.29 is 14.6 Å². The first-order valence-electron chi connectivity index (χ1n) is 5.35. The lowest BCUT2D eigenvalue weighted by molar-refractivity contribution is -0.140. The fourth-order valence-electron chi connectivity index (χ4n) is 1.25. The number of benzene rings is 1. The molecule has 1 atom stereocenters. The monoisotopic (exact) mass is 254 g/mol. The first kappa shape index (κ1) is 13.7. The lowest BCUT2D eigenvalue weighted by atomic mass is 10.0. The van der Waals surface area contributed by atoms with E-state index in [2.05, 4.69) is 6.58 Å². The van der Waals surface area contributed by atoms with Crippen molar-refractivity contribution in [3.63, 3.8) is 0 Å². The first-order valence-corrected chi connectivity index (χ1v) is 5.73. The zero-order valence-electron chi connectivity index (χ0n) is 9.65. The van der Waals surface area contributed by atoms with E-state index in [-0.39, 0.29) is 5.57 Å². The summed E-state index contributed by atoms with van der Waals surface area (Å²) in [5.74, 6) is -0.575. The molecule has 0 aromatic heterocycles. The molecule has 0 fully saturated rings. The lowest BCUT2D eigenvalue weighted by Gasteiger charge is -2.13. The molecule has 92 valence electrons. The molecule has 1 unspecified atom stereocenters. The second kappa shape index (κ2) is 6.42. The number of rotatable bonds is 5. The molecular weight excluding hydrogens is 240 g/mol. The van der Waals surface area contributed by atoms with Crippen LogP contribution in [0.15, 0.2) is 36.4 Å². The number of carbonyl (C=O) groups excluding carboxylic acids is 1. The quantitative estimate of drug-likeness (QED) is 0.649. The van der Waals surface area contributed by atoms with Gasteiger partial charge in [-0.05, 0) is 24.1 Å². The lowest BCUT2D eigenvalue weighted by Crippen LogP contribution is -2.14. The highest BCUT2D eigenvalue weighted by atomic mass is 35.5. The molecule has 17 heavy (non-hydrogen) atoms. The Hall–Kier alpha value is -1.32. The van der Waals surface area contributed by atoms with Crippen LogP contribution in [0.3, 0.4) is 0 Å². The average Bonchev–Trinajstić information content (AvgIpc) is 2.35. The normalized spacial score (nSPS) is 11.9. The predicted molar refractivity (Wildman–Crippen MR) is 66.8 cm³/mol. The summed E-state index contributed by atoms with van der Waals surface area (Å²) >= 11 is 5.73. The van der Waals surface area contributed by atoms with Crippen LogP contribution in [0.2, 0.25) is 5.02 Å². The number of halogens is 1. The summed E-state index contributed by atoms with van der Waals surface area (Å²) in [6.07, 6.45) is -0.326. The van der Waals surface area contributed by atoms with Crippen LogP contribution in [-0.2, 0) is 9.53 Å². The van der Waals surface area contributed by atoms with Gasteiger partial charge in [0.2, 0.25) is 0 Å². The molecule has 0 heterocycles. The van der Waals surface area contributed by atoms with E-state index in [1.54, 1.807) is 24.3 Å².